The molecule has 0 spiro atoms. The molecule has 1 saturated heterocycles. The third kappa shape index (κ3) is 1.66. The number of ether oxygens (including phenoxy) is 1. The molecule has 0 aromatic carbocycles. The molecule has 0 aliphatic carbocycles. The van der Waals surface area contributed by atoms with Gasteiger partial charge in [-0.25, -0.2) is 0 Å². The van der Waals surface area contributed by atoms with Gasteiger partial charge in [0.25, 0.3) is 0 Å². The molecule has 1 nitrogen and oxygen atoms in total. The maximum Gasteiger partial charge on any atom is 0.0633 e. The molecule has 0 aromatic rings. The maximum atomic E-state index is 5.94. The highest BCUT2D eigenvalue weighted by atomic mass is 16.5. The lowest BCUT2D eigenvalue weighted by Gasteiger charge is -2.22. The second-order valence-electron chi connectivity index (χ2n) is 4.41. The largest absolute Gasteiger partial charge is 0.374 e. The first kappa shape index (κ1) is 10.0. The second-order valence-corrected chi connectivity index (χ2v) is 4.41. The summed E-state index contributed by atoms with van der Waals surface area (Å²) in [6.45, 7) is 11.4. The molecular formula is C11H22O. The van der Waals surface area contributed by atoms with Gasteiger partial charge in [-0.15, -0.1) is 0 Å². The lowest BCUT2D eigenvalue weighted by molar-refractivity contribution is 0.00871. The normalized spacial score (nSPS) is 44.8. The summed E-state index contributed by atoms with van der Waals surface area (Å²) in [6, 6.07) is 0. The van der Waals surface area contributed by atoms with E-state index in [2.05, 4.69) is 34.6 Å². The van der Waals surface area contributed by atoms with Crippen LogP contribution in [0.1, 0.15) is 41.0 Å². The van der Waals surface area contributed by atoms with Gasteiger partial charge in [-0.05, 0) is 24.7 Å². The minimum atomic E-state index is 0.457. The first-order valence-corrected chi connectivity index (χ1v) is 5.23. The summed E-state index contributed by atoms with van der Waals surface area (Å²) < 4.78 is 5.94. The Bertz CT molecular complexity index is 144. The first-order valence-electron chi connectivity index (χ1n) is 5.23. The number of hydrogen-bond acceptors (Lipinski definition) is 1. The van der Waals surface area contributed by atoms with Crippen LogP contribution in [-0.2, 0) is 4.74 Å². The van der Waals surface area contributed by atoms with Gasteiger partial charge in [-0.3, -0.25) is 0 Å². The second kappa shape index (κ2) is 3.78. The third-order valence-electron chi connectivity index (χ3n) is 3.66. The minimum absolute atomic E-state index is 0.457. The predicted molar refractivity (Wildman–Crippen MR) is 52.1 cm³/mol. The summed E-state index contributed by atoms with van der Waals surface area (Å²) in [5.74, 6) is 2.17. The van der Waals surface area contributed by atoms with Crippen LogP contribution in [0.5, 0.6) is 0 Å². The topological polar surface area (TPSA) is 9.23 Å². The van der Waals surface area contributed by atoms with Gasteiger partial charge in [0.2, 0.25) is 0 Å². The summed E-state index contributed by atoms with van der Waals surface area (Å²) in [5, 5.41) is 0. The van der Waals surface area contributed by atoms with E-state index in [0.29, 0.717) is 18.1 Å². The lowest BCUT2D eigenvalue weighted by atomic mass is 9.85. The molecule has 0 saturated carbocycles. The molecular weight excluding hydrogens is 148 g/mol. The zero-order valence-electron chi connectivity index (χ0n) is 9.00. The van der Waals surface area contributed by atoms with Crippen molar-refractivity contribution in [1.29, 1.82) is 0 Å². The van der Waals surface area contributed by atoms with Crippen LogP contribution in [-0.4, -0.2) is 12.2 Å². The van der Waals surface area contributed by atoms with E-state index in [-0.39, 0.29) is 0 Å². The molecule has 0 radical (unpaired) electrons. The molecule has 72 valence electrons. The fourth-order valence-electron chi connectivity index (χ4n) is 2.11. The van der Waals surface area contributed by atoms with Crippen molar-refractivity contribution in [1.82, 2.24) is 0 Å². The average molecular weight is 170 g/mol. The Hall–Kier alpha value is -0.0400. The van der Waals surface area contributed by atoms with Crippen molar-refractivity contribution in [2.75, 3.05) is 0 Å². The quantitative estimate of drug-likeness (QED) is 0.619. The molecule has 0 N–H and O–H groups in total. The van der Waals surface area contributed by atoms with Crippen LogP contribution < -0.4 is 0 Å². The van der Waals surface area contributed by atoms with Crippen molar-refractivity contribution in [2.24, 2.45) is 17.8 Å². The summed E-state index contributed by atoms with van der Waals surface area (Å²) >= 11 is 0. The van der Waals surface area contributed by atoms with Crippen LogP contribution in [0.3, 0.4) is 0 Å². The van der Waals surface area contributed by atoms with E-state index in [9.17, 15) is 0 Å². The van der Waals surface area contributed by atoms with Crippen LogP contribution in [0.2, 0.25) is 0 Å². The molecule has 1 heterocycles. The van der Waals surface area contributed by atoms with Gasteiger partial charge >= 0.3 is 0 Å². The molecule has 1 unspecified atom stereocenters. The number of rotatable bonds is 2. The van der Waals surface area contributed by atoms with Crippen molar-refractivity contribution in [2.45, 2.75) is 53.2 Å². The lowest BCUT2D eigenvalue weighted by Crippen LogP contribution is -2.23. The van der Waals surface area contributed by atoms with E-state index < -0.39 is 0 Å². The van der Waals surface area contributed by atoms with E-state index in [1.165, 1.54) is 6.42 Å². The van der Waals surface area contributed by atoms with E-state index in [1.54, 1.807) is 0 Å². The molecule has 1 fully saturated rings. The molecule has 0 bridgehead atoms. The van der Waals surface area contributed by atoms with E-state index in [0.717, 1.165) is 11.8 Å². The first-order chi connectivity index (χ1) is 5.57. The van der Waals surface area contributed by atoms with Crippen molar-refractivity contribution in [3.63, 3.8) is 0 Å². The van der Waals surface area contributed by atoms with Gasteiger partial charge in [-0.2, -0.15) is 0 Å². The van der Waals surface area contributed by atoms with Gasteiger partial charge in [-0.1, -0.05) is 34.1 Å². The Morgan fingerprint density at radius 2 is 1.75 bits per heavy atom. The van der Waals surface area contributed by atoms with Crippen molar-refractivity contribution >= 4 is 0 Å². The van der Waals surface area contributed by atoms with Crippen molar-refractivity contribution in [3.05, 3.63) is 0 Å². The zero-order chi connectivity index (χ0) is 9.30. The smallest absolute Gasteiger partial charge is 0.0633 e. The van der Waals surface area contributed by atoms with Crippen molar-refractivity contribution in [3.8, 4) is 0 Å². The highest BCUT2D eigenvalue weighted by Crippen LogP contribution is 2.36. The summed E-state index contributed by atoms with van der Waals surface area (Å²) in [5.41, 5.74) is 0. The van der Waals surface area contributed by atoms with Crippen LogP contribution in [0.15, 0.2) is 0 Å². The van der Waals surface area contributed by atoms with Crippen LogP contribution >= 0.6 is 0 Å². The molecule has 0 aromatic heterocycles. The summed E-state index contributed by atoms with van der Waals surface area (Å²) in [7, 11) is 0. The standard InChI is InChI=1S/C11H22O/c1-6-7(2)11-9(4)8(3)10(5)12-11/h7-11H,6H2,1-5H3/t7-,8-,9+,10?,11-/m0/s1. The van der Waals surface area contributed by atoms with E-state index in [1.807, 2.05) is 0 Å². The molecule has 1 aliphatic rings. The number of hydrogen-bond donors (Lipinski definition) is 0. The fourth-order valence-corrected chi connectivity index (χ4v) is 2.11. The Kier molecular flexibility index (Phi) is 3.16. The molecule has 12 heavy (non-hydrogen) atoms. The third-order valence-corrected chi connectivity index (χ3v) is 3.66. The minimum Gasteiger partial charge on any atom is -0.374 e. The van der Waals surface area contributed by atoms with Crippen molar-refractivity contribution < 1.29 is 4.74 Å². The van der Waals surface area contributed by atoms with Crippen LogP contribution in [0.25, 0.3) is 0 Å². The Morgan fingerprint density at radius 3 is 2.08 bits per heavy atom. The van der Waals surface area contributed by atoms with Gasteiger partial charge in [0.15, 0.2) is 0 Å². The summed E-state index contributed by atoms with van der Waals surface area (Å²) in [6.07, 6.45) is 2.19. The monoisotopic (exact) mass is 170 g/mol. The molecule has 0 amide bonds. The van der Waals surface area contributed by atoms with E-state index >= 15 is 0 Å². The van der Waals surface area contributed by atoms with Crippen LogP contribution in [0.4, 0.5) is 0 Å². The van der Waals surface area contributed by atoms with Gasteiger partial charge in [0.05, 0.1) is 12.2 Å². The van der Waals surface area contributed by atoms with Gasteiger partial charge in [0, 0.05) is 0 Å². The predicted octanol–water partition coefficient (Wildman–Crippen LogP) is 3.09. The zero-order valence-corrected chi connectivity index (χ0v) is 9.00. The summed E-state index contributed by atoms with van der Waals surface area (Å²) in [4.78, 5) is 0. The highest BCUT2D eigenvalue weighted by molar-refractivity contribution is 4.85. The van der Waals surface area contributed by atoms with Crippen LogP contribution in [0, 0.1) is 17.8 Å². The highest BCUT2D eigenvalue weighted by Gasteiger charge is 2.38. The Labute approximate surface area is 76.5 Å². The average Bonchev–Trinajstić information content (AvgIpc) is 2.32. The molecule has 5 atom stereocenters. The Balaban J connectivity index is 2.58. The maximum absolute atomic E-state index is 5.94. The van der Waals surface area contributed by atoms with Gasteiger partial charge in [0.1, 0.15) is 0 Å². The molecule has 1 heteroatoms. The Morgan fingerprint density at radius 1 is 1.17 bits per heavy atom. The SMILES string of the molecule is CC[C@H](C)[C@@H]1OC(C)[C@@H](C)[C@H]1C. The van der Waals surface area contributed by atoms with E-state index in [4.69, 9.17) is 4.74 Å². The molecule has 1 rings (SSSR count). The van der Waals surface area contributed by atoms with Gasteiger partial charge < -0.3 is 4.74 Å². The fraction of sp³-hybridized carbons (Fsp3) is 1.00. The molecule has 1 aliphatic heterocycles.